The van der Waals surface area contributed by atoms with Gasteiger partial charge < -0.3 is 9.42 Å². The Hall–Kier alpha value is -2.99. The van der Waals surface area contributed by atoms with Gasteiger partial charge in [-0.25, -0.2) is 0 Å². The maximum Gasteiger partial charge on any atom is 0.276 e. The molecule has 2 aliphatic heterocycles. The second-order valence-corrected chi connectivity index (χ2v) is 8.97. The molecular weight excluding hydrogens is 388 g/mol. The summed E-state index contributed by atoms with van der Waals surface area (Å²) in [6.45, 7) is 8.07. The van der Waals surface area contributed by atoms with E-state index >= 15 is 0 Å². The Labute approximate surface area is 182 Å². The minimum atomic E-state index is -0.0443. The van der Waals surface area contributed by atoms with Crippen LogP contribution in [0.4, 0.5) is 0 Å². The van der Waals surface area contributed by atoms with Crippen molar-refractivity contribution in [1.82, 2.24) is 19.9 Å². The molecule has 1 saturated heterocycles. The zero-order valence-corrected chi connectivity index (χ0v) is 18.2. The van der Waals surface area contributed by atoms with Crippen LogP contribution in [0, 0.1) is 13.8 Å². The SMILES string of the molecule is Cc1cccc(CN2CCC3(CC2)CN(C(=O)c2cc(C)on2)Cc2ccccc23)n1. The first kappa shape index (κ1) is 19.9. The minimum Gasteiger partial charge on any atom is -0.361 e. The van der Waals surface area contributed by atoms with Crippen LogP contribution in [-0.2, 0) is 18.5 Å². The van der Waals surface area contributed by atoms with Crippen molar-refractivity contribution in [3.05, 3.63) is 82.5 Å². The Morgan fingerprint density at radius 3 is 2.65 bits per heavy atom. The number of rotatable bonds is 3. The van der Waals surface area contributed by atoms with E-state index in [1.165, 1.54) is 11.1 Å². The molecule has 2 aliphatic rings. The van der Waals surface area contributed by atoms with E-state index in [4.69, 9.17) is 4.52 Å². The van der Waals surface area contributed by atoms with Gasteiger partial charge in [0.15, 0.2) is 5.69 Å². The van der Waals surface area contributed by atoms with Crippen LogP contribution >= 0.6 is 0 Å². The zero-order chi connectivity index (χ0) is 21.4. The van der Waals surface area contributed by atoms with Gasteiger partial charge in [0.1, 0.15) is 5.76 Å². The highest BCUT2D eigenvalue weighted by Crippen LogP contribution is 2.42. The number of benzene rings is 1. The van der Waals surface area contributed by atoms with E-state index in [1.54, 1.807) is 6.07 Å². The average molecular weight is 417 g/mol. The first-order valence-corrected chi connectivity index (χ1v) is 11.0. The predicted octanol–water partition coefficient (Wildman–Crippen LogP) is 3.88. The molecule has 1 aromatic carbocycles. The van der Waals surface area contributed by atoms with E-state index < -0.39 is 0 Å². The lowest BCUT2D eigenvalue weighted by Crippen LogP contribution is -2.53. The van der Waals surface area contributed by atoms with Crippen LogP contribution in [-0.4, -0.2) is 45.5 Å². The summed E-state index contributed by atoms with van der Waals surface area (Å²) in [5, 5.41) is 3.97. The van der Waals surface area contributed by atoms with Gasteiger partial charge in [0.2, 0.25) is 0 Å². The van der Waals surface area contributed by atoms with Gasteiger partial charge in [0.05, 0.1) is 5.69 Å². The molecule has 4 heterocycles. The Bertz CT molecular complexity index is 1100. The lowest BCUT2D eigenvalue weighted by molar-refractivity contribution is 0.0563. The Kier molecular flexibility index (Phi) is 5.10. The first-order chi connectivity index (χ1) is 15.0. The van der Waals surface area contributed by atoms with Crippen LogP contribution in [0.1, 0.15) is 51.6 Å². The minimum absolute atomic E-state index is 0.0141. The van der Waals surface area contributed by atoms with E-state index in [1.807, 2.05) is 24.8 Å². The fourth-order valence-corrected chi connectivity index (χ4v) is 5.14. The van der Waals surface area contributed by atoms with Gasteiger partial charge in [-0.1, -0.05) is 35.5 Å². The summed E-state index contributed by atoms with van der Waals surface area (Å²) in [4.78, 5) is 22.3. The largest absolute Gasteiger partial charge is 0.361 e. The molecule has 6 nitrogen and oxygen atoms in total. The van der Waals surface area contributed by atoms with E-state index in [-0.39, 0.29) is 11.3 Å². The Balaban J connectivity index is 1.37. The number of pyridine rings is 1. The number of carbonyl (C=O) groups excluding carboxylic acids is 1. The molecule has 3 aromatic rings. The van der Waals surface area contributed by atoms with Crippen LogP contribution in [0.5, 0.6) is 0 Å². The molecule has 0 saturated carbocycles. The molecule has 0 atom stereocenters. The van der Waals surface area contributed by atoms with Crippen molar-refractivity contribution >= 4 is 5.91 Å². The number of fused-ring (bicyclic) bond motifs is 2. The van der Waals surface area contributed by atoms with Gasteiger partial charge >= 0.3 is 0 Å². The third kappa shape index (κ3) is 3.88. The Morgan fingerprint density at radius 2 is 1.90 bits per heavy atom. The van der Waals surface area contributed by atoms with Gasteiger partial charge in [-0.05, 0) is 63.0 Å². The van der Waals surface area contributed by atoms with Gasteiger partial charge in [-0.3, -0.25) is 14.7 Å². The average Bonchev–Trinajstić information content (AvgIpc) is 3.21. The van der Waals surface area contributed by atoms with Crippen LogP contribution in [0.25, 0.3) is 0 Å². The number of aromatic nitrogens is 2. The van der Waals surface area contributed by atoms with Crippen LogP contribution in [0.3, 0.4) is 0 Å². The quantitative estimate of drug-likeness (QED) is 0.649. The molecule has 0 unspecified atom stereocenters. The number of amides is 1. The van der Waals surface area contributed by atoms with E-state index in [2.05, 4.69) is 51.4 Å². The fraction of sp³-hybridized carbons (Fsp3) is 0.400. The topological polar surface area (TPSA) is 62.5 Å². The second kappa shape index (κ2) is 7.93. The van der Waals surface area contributed by atoms with E-state index in [9.17, 15) is 4.79 Å². The molecule has 5 rings (SSSR count). The van der Waals surface area contributed by atoms with Crippen molar-refractivity contribution in [2.75, 3.05) is 19.6 Å². The lowest BCUT2D eigenvalue weighted by atomic mass is 9.68. The first-order valence-electron chi connectivity index (χ1n) is 11.0. The van der Waals surface area contributed by atoms with Crippen molar-refractivity contribution in [2.45, 2.75) is 45.2 Å². The van der Waals surface area contributed by atoms with Crippen LogP contribution in [0.15, 0.2) is 53.1 Å². The summed E-state index contributed by atoms with van der Waals surface area (Å²) in [6.07, 6.45) is 2.05. The summed E-state index contributed by atoms with van der Waals surface area (Å²) < 4.78 is 5.15. The van der Waals surface area contributed by atoms with Gasteiger partial charge in [0.25, 0.3) is 5.91 Å². The highest BCUT2D eigenvalue weighted by Gasteiger charge is 2.43. The maximum atomic E-state index is 13.2. The molecule has 1 amide bonds. The summed E-state index contributed by atoms with van der Waals surface area (Å²) in [7, 11) is 0. The zero-order valence-electron chi connectivity index (χ0n) is 18.2. The summed E-state index contributed by atoms with van der Waals surface area (Å²) in [5.41, 5.74) is 5.22. The van der Waals surface area contributed by atoms with Crippen molar-refractivity contribution in [2.24, 2.45) is 0 Å². The monoisotopic (exact) mass is 416 g/mol. The number of aryl methyl sites for hydroxylation is 2. The number of carbonyl (C=O) groups is 1. The van der Waals surface area contributed by atoms with Crippen LogP contribution in [0.2, 0.25) is 0 Å². The third-order valence-electron chi connectivity index (χ3n) is 6.72. The fourth-order valence-electron chi connectivity index (χ4n) is 5.14. The summed E-state index contributed by atoms with van der Waals surface area (Å²) in [5.74, 6) is 0.616. The van der Waals surface area contributed by atoms with Gasteiger partial charge in [0, 0.05) is 36.8 Å². The normalized spacial score (nSPS) is 18.2. The highest BCUT2D eigenvalue weighted by atomic mass is 16.5. The Morgan fingerprint density at radius 1 is 1.10 bits per heavy atom. The molecule has 0 aliphatic carbocycles. The standard InChI is InChI=1S/C25H28N4O2/c1-18-6-5-8-21(26-18)16-28-12-10-25(11-13-28)17-29(15-20-7-3-4-9-22(20)25)24(30)23-14-19(2)31-27-23/h3-9,14H,10-13,15-17H2,1-2H3. The van der Waals surface area contributed by atoms with E-state index in [0.29, 0.717) is 18.0 Å². The molecule has 0 bridgehead atoms. The van der Waals surface area contributed by atoms with Crippen LogP contribution < -0.4 is 0 Å². The van der Waals surface area contributed by atoms with E-state index in [0.717, 1.165) is 50.4 Å². The number of likely N-dealkylation sites (tertiary alicyclic amines) is 1. The maximum absolute atomic E-state index is 13.2. The van der Waals surface area contributed by atoms with Crippen molar-refractivity contribution in [1.29, 1.82) is 0 Å². The molecule has 6 heteroatoms. The number of piperidine rings is 1. The molecular formula is C25H28N4O2. The molecule has 1 spiro atoms. The number of hydrogen-bond acceptors (Lipinski definition) is 5. The highest BCUT2D eigenvalue weighted by molar-refractivity contribution is 5.92. The predicted molar refractivity (Wildman–Crippen MR) is 118 cm³/mol. The van der Waals surface area contributed by atoms with Crippen molar-refractivity contribution in [3.8, 4) is 0 Å². The molecule has 1 fully saturated rings. The number of nitrogens with zero attached hydrogens (tertiary/aromatic N) is 4. The number of hydrogen-bond donors (Lipinski definition) is 0. The molecule has 0 N–H and O–H groups in total. The van der Waals surface area contributed by atoms with Gasteiger partial charge in [-0.15, -0.1) is 0 Å². The third-order valence-corrected chi connectivity index (χ3v) is 6.72. The second-order valence-electron chi connectivity index (χ2n) is 8.97. The summed E-state index contributed by atoms with van der Waals surface area (Å²) in [6, 6.07) is 16.6. The van der Waals surface area contributed by atoms with Crippen molar-refractivity contribution < 1.29 is 9.32 Å². The smallest absolute Gasteiger partial charge is 0.276 e. The molecule has 2 aromatic heterocycles. The molecule has 160 valence electrons. The molecule has 0 radical (unpaired) electrons. The molecule has 31 heavy (non-hydrogen) atoms. The van der Waals surface area contributed by atoms with Crippen molar-refractivity contribution in [3.63, 3.8) is 0 Å². The summed E-state index contributed by atoms with van der Waals surface area (Å²) >= 11 is 0. The lowest BCUT2D eigenvalue weighted by Gasteiger charge is -2.48. The van der Waals surface area contributed by atoms with Gasteiger partial charge in [-0.2, -0.15) is 0 Å².